The molecule has 6 aliphatic rings. The highest BCUT2D eigenvalue weighted by molar-refractivity contribution is 6.15. The summed E-state index contributed by atoms with van der Waals surface area (Å²) in [6, 6.07) is 16.8. The minimum atomic E-state index is -0.647. The molecule has 4 fully saturated rings. The average Bonchev–Trinajstić information content (AvgIpc) is 4.07. The van der Waals surface area contributed by atoms with Crippen LogP contribution in [0, 0.1) is 18.7 Å². The smallest absolute Gasteiger partial charge is 0.257 e. The van der Waals surface area contributed by atoms with Gasteiger partial charge in [-0.25, -0.2) is 9.37 Å². The minimum absolute atomic E-state index is 0.00543. The Morgan fingerprint density at radius 1 is 0.944 bits per heavy atom. The monoisotopic (exact) mass is 977 g/mol. The van der Waals surface area contributed by atoms with Gasteiger partial charge in [0.15, 0.2) is 0 Å². The molecule has 1 saturated carbocycles. The van der Waals surface area contributed by atoms with Crippen molar-refractivity contribution in [1.29, 1.82) is 0 Å². The predicted octanol–water partition coefficient (Wildman–Crippen LogP) is 6.31. The van der Waals surface area contributed by atoms with Crippen LogP contribution in [0.1, 0.15) is 103 Å². The van der Waals surface area contributed by atoms with Gasteiger partial charge < -0.3 is 14.8 Å². The molecule has 376 valence electrons. The summed E-state index contributed by atoms with van der Waals surface area (Å²) < 4.78 is 19.9. The molecule has 16 heteroatoms. The fourth-order valence-corrected chi connectivity index (χ4v) is 12.5. The van der Waals surface area contributed by atoms with E-state index in [1.807, 2.05) is 43.1 Å². The number of amides is 4. The topological polar surface area (TPSA) is 148 Å². The van der Waals surface area contributed by atoms with E-state index in [9.17, 15) is 24.0 Å². The molecule has 11 rings (SSSR count). The molecule has 5 aromatic rings. The fourth-order valence-electron chi connectivity index (χ4n) is 12.5. The molecule has 0 radical (unpaired) electrons. The molecule has 3 atom stereocenters. The van der Waals surface area contributed by atoms with Crippen LogP contribution in [-0.4, -0.2) is 129 Å². The molecule has 0 bridgehead atoms. The summed E-state index contributed by atoms with van der Waals surface area (Å²) in [5, 5.41) is 6.35. The van der Waals surface area contributed by atoms with Gasteiger partial charge in [-0.3, -0.25) is 53.5 Å². The molecule has 2 N–H and O–H groups in total. The number of hydrogen-bond donors (Lipinski definition) is 2. The highest BCUT2D eigenvalue weighted by atomic mass is 19.1. The molecule has 72 heavy (non-hydrogen) atoms. The maximum absolute atomic E-state index is 16.2. The zero-order valence-corrected chi connectivity index (χ0v) is 42.0. The van der Waals surface area contributed by atoms with Gasteiger partial charge in [0, 0.05) is 144 Å². The van der Waals surface area contributed by atoms with Crippen molar-refractivity contribution >= 4 is 51.6 Å². The van der Waals surface area contributed by atoms with Crippen molar-refractivity contribution in [2.24, 2.45) is 13.0 Å². The lowest BCUT2D eigenvalue weighted by Gasteiger charge is -2.42. The number of carbonyl (C=O) groups excluding carboxylic acids is 4. The van der Waals surface area contributed by atoms with Crippen LogP contribution >= 0.6 is 0 Å². The van der Waals surface area contributed by atoms with Crippen molar-refractivity contribution in [2.45, 2.75) is 95.8 Å². The molecular weight excluding hydrogens is 912 g/mol. The summed E-state index contributed by atoms with van der Waals surface area (Å²) in [7, 11) is 3.80. The van der Waals surface area contributed by atoms with Gasteiger partial charge in [0.1, 0.15) is 17.5 Å². The normalized spacial score (nSPS) is 22.4. The largest absolute Gasteiger partial charge is 0.388 e. The van der Waals surface area contributed by atoms with Gasteiger partial charge in [-0.1, -0.05) is 18.2 Å². The van der Waals surface area contributed by atoms with Crippen molar-refractivity contribution in [3.63, 3.8) is 0 Å². The van der Waals surface area contributed by atoms with E-state index in [0.717, 1.165) is 115 Å². The van der Waals surface area contributed by atoms with Crippen LogP contribution in [0.4, 0.5) is 15.8 Å². The Bertz CT molecular complexity index is 3090. The molecule has 8 heterocycles. The summed E-state index contributed by atoms with van der Waals surface area (Å²) in [5.74, 6) is -0.663. The molecule has 1 spiro atoms. The number of benzene rings is 2. The Hall–Kier alpha value is -6.49. The number of pyridine rings is 2. The SMILES string of the molecule is CNc1ccn(-c2ccnc3c2cc([C@H](C)N2CC=C(c4c(C)cc(C(=O)N5CCC(CN6CCN(Cc7ccc8c(c7)C7(CC7)C(=O)N8[C@@H]7CCC(=O)NC7=O)C[C@@H]6C)CC5)cc4F)CC2)n3C)c(=O)c1. The number of nitrogens with zero attached hydrogens (tertiary/aromatic N) is 8. The first-order valence-electron chi connectivity index (χ1n) is 25.9. The number of hydrogen-bond acceptors (Lipinski definition) is 10. The number of likely N-dealkylation sites (tertiary alicyclic amines) is 1. The minimum Gasteiger partial charge on any atom is -0.388 e. The average molecular weight is 977 g/mol. The van der Waals surface area contributed by atoms with E-state index in [-0.39, 0.29) is 47.5 Å². The van der Waals surface area contributed by atoms with Crippen molar-refractivity contribution in [2.75, 3.05) is 69.6 Å². The summed E-state index contributed by atoms with van der Waals surface area (Å²) in [4.78, 5) is 81.0. The fraction of sp³-hybridized carbons (Fsp3) is 0.464. The van der Waals surface area contributed by atoms with Crippen molar-refractivity contribution in [3.8, 4) is 5.69 Å². The number of halogens is 1. The van der Waals surface area contributed by atoms with Crippen LogP contribution in [0.3, 0.4) is 0 Å². The lowest BCUT2D eigenvalue weighted by atomic mass is 9.92. The van der Waals surface area contributed by atoms with E-state index in [1.165, 1.54) is 11.6 Å². The number of piperazine rings is 1. The Morgan fingerprint density at radius 3 is 2.44 bits per heavy atom. The molecule has 3 aromatic heterocycles. The third-order valence-corrected chi connectivity index (χ3v) is 16.9. The summed E-state index contributed by atoms with van der Waals surface area (Å²) in [5.41, 5.74) is 8.48. The third kappa shape index (κ3) is 8.54. The van der Waals surface area contributed by atoms with Crippen LogP contribution in [0.2, 0.25) is 0 Å². The van der Waals surface area contributed by atoms with E-state index >= 15 is 4.39 Å². The lowest BCUT2D eigenvalue weighted by Crippen LogP contribution is -2.54. The molecule has 4 amide bonds. The summed E-state index contributed by atoms with van der Waals surface area (Å²) >= 11 is 0. The van der Waals surface area contributed by atoms with Gasteiger partial charge >= 0.3 is 0 Å². The van der Waals surface area contributed by atoms with Gasteiger partial charge in [0.05, 0.1) is 11.1 Å². The molecule has 1 aliphatic carbocycles. The number of fused-ring (bicyclic) bond motifs is 3. The maximum atomic E-state index is 16.2. The number of anilines is 2. The highest BCUT2D eigenvalue weighted by Gasteiger charge is 2.61. The second-order valence-electron chi connectivity index (χ2n) is 21.3. The first-order valence-corrected chi connectivity index (χ1v) is 25.9. The van der Waals surface area contributed by atoms with Crippen molar-refractivity contribution < 1.29 is 23.6 Å². The quantitative estimate of drug-likeness (QED) is 0.145. The first kappa shape index (κ1) is 47.8. The Kier molecular flexibility index (Phi) is 12.5. The number of imide groups is 1. The number of carbonyl (C=O) groups is 4. The zero-order chi connectivity index (χ0) is 50.2. The molecule has 3 saturated heterocycles. The maximum Gasteiger partial charge on any atom is 0.257 e. The second kappa shape index (κ2) is 18.8. The van der Waals surface area contributed by atoms with Gasteiger partial charge in [0.25, 0.3) is 11.5 Å². The van der Waals surface area contributed by atoms with Crippen LogP contribution in [0.25, 0.3) is 22.3 Å². The Balaban J connectivity index is 0.671. The van der Waals surface area contributed by atoms with Crippen molar-refractivity contribution in [3.05, 3.63) is 123 Å². The summed E-state index contributed by atoms with van der Waals surface area (Å²) in [6.45, 7) is 13.6. The van der Waals surface area contributed by atoms with Crippen LogP contribution < -0.4 is 21.1 Å². The van der Waals surface area contributed by atoms with Crippen LogP contribution in [0.5, 0.6) is 0 Å². The standard InChI is InChI=1S/C56H65FN10O5/c1-34-26-40(28-44(57)51(34)39-13-21-63(22-14-39)36(3)48-30-42-45(10-18-59-52(42)61(48)5)66-23-15-41(58-4)29-50(66)69)54(71)64-19-11-37(12-20-64)33-65-25-24-62(31-35(65)2)32-38-6-7-46-43(27-38)56(16-17-56)55(72)67(46)47-8-9-49(68)60-53(47)70/h6-7,10,13,15,18,23,26-30,35-37,47,58H,8-9,11-12,14,16-17,19-22,24-25,31-33H2,1-5H3,(H,60,68,70)/t35-,36-,47+/m0/s1. The van der Waals surface area contributed by atoms with E-state index in [1.54, 1.807) is 35.0 Å². The number of nitrogens with one attached hydrogen (secondary N) is 2. The number of rotatable bonds is 11. The highest BCUT2D eigenvalue weighted by Crippen LogP contribution is 2.58. The van der Waals surface area contributed by atoms with Crippen LogP contribution in [-0.2, 0) is 33.4 Å². The van der Waals surface area contributed by atoms with Gasteiger partial charge in [-0.05, 0) is 124 Å². The van der Waals surface area contributed by atoms with E-state index in [2.05, 4.69) is 73.0 Å². The lowest BCUT2D eigenvalue weighted by molar-refractivity contribution is -0.135. The van der Waals surface area contributed by atoms with E-state index in [4.69, 9.17) is 0 Å². The molecule has 5 aliphatic heterocycles. The predicted molar refractivity (Wildman–Crippen MR) is 276 cm³/mol. The summed E-state index contributed by atoms with van der Waals surface area (Å²) in [6.07, 6.45) is 10.3. The Morgan fingerprint density at radius 2 is 1.75 bits per heavy atom. The van der Waals surface area contributed by atoms with Gasteiger partial charge in [0.2, 0.25) is 17.7 Å². The van der Waals surface area contributed by atoms with E-state index < -0.39 is 11.5 Å². The Labute approximate surface area is 419 Å². The molecule has 0 unspecified atom stereocenters. The second-order valence-corrected chi connectivity index (χ2v) is 21.3. The number of piperidine rings is 2. The first-order chi connectivity index (χ1) is 34.7. The number of aryl methyl sites for hydroxylation is 2. The molecule has 15 nitrogen and oxygen atoms in total. The van der Waals surface area contributed by atoms with Crippen LogP contribution in [0.15, 0.2) is 77.9 Å². The van der Waals surface area contributed by atoms with Crippen molar-refractivity contribution in [1.82, 2.24) is 39.0 Å². The van der Waals surface area contributed by atoms with E-state index in [0.29, 0.717) is 55.6 Å². The van der Waals surface area contributed by atoms with Gasteiger partial charge in [-0.2, -0.15) is 0 Å². The van der Waals surface area contributed by atoms with Gasteiger partial charge in [-0.15, -0.1) is 0 Å². The third-order valence-electron chi connectivity index (χ3n) is 16.9. The zero-order valence-electron chi connectivity index (χ0n) is 42.0. The number of aromatic nitrogens is 3. The molecular formula is C56H65FN10O5. The molecule has 2 aromatic carbocycles.